The van der Waals surface area contributed by atoms with E-state index in [1.165, 1.54) is 0 Å². The lowest BCUT2D eigenvalue weighted by atomic mass is 10.1. The van der Waals surface area contributed by atoms with Crippen molar-refractivity contribution in [1.82, 2.24) is 9.88 Å². The first-order valence-electron chi connectivity index (χ1n) is 6.79. The average Bonchev–Trinajstić information content (AvgIpc) is 2.52. The molecule has 1 unspecified atom stereocenters. The van der Waals surface area contributed by atoms with Crippen LogP contribution >= 0.6 is 0 Å². The van der Waals surface area contributed by atoms with Gasteiger partial charge >= 0.3 is 0 Å². The molecule has 0 aliphatic heterocycles. The molecule has 5 nitrogen and oxygen atoms in total. The number of nitrogens with zero attached hydrogens (tertiary/aromatic N) is 3. The second-order valence-electron chi connectivity index (χ2n) is 5.04. The van der Waals surface area contributed by atoms with Crippen LogP contribution in [0.1, 0.15) is 17.3 Å². The van der Waals surface area contributed by atoms with Gasteiger partial charge < -0.3 is 10.2 Å². The molecule has 108 valence electrons. The van der Waals surface area contributed by atoms with Crippen LogP contribution in [0.3, 0.4) is 0 Å². The van der Waals surface area contributed by atoms with Crippen molar-refractivity contribution in [2.45, 2.75) is 6.92 Å². The molecule has 1 N–H and O–H groups in total. The molecule has 5 heteroatoms. The minimum absolute atomic E-state index is 0.104. The molecular formula is C16H18N4O. The van der Waals surface area contributed by atoms with E-state index >= 15 is 0 Å². The number of benzene rings is 1. The van der Waals surface area contributed by atoms with Gasteiger partial charge in [-0.25, -0.2) is 4.98 Å². The molecule has 0 spiro atoms. The molecule has 0 aliphatic rings. The molecule has 21 heavy (non-hydrogen) atoms. The standard InChI is InChI=1S/C16H18N4O/c1-11(9-17)10-20(3)16(21)13-8-15(18-2)19-14-7-5-4-6-12(13)14/h4-8,11H,10H2,1-3H3,(H,18,19). The maximum atomic E-state index is 12.6. The molecule has 1 aromatic heterocycles. The number of rotatable bonds is 4. The van der Waals surface area contributed by atoms with E-state index in [2.05, 4.69) is 16.4 Å². The van der Waals surface area contributed by atoms with Gasteiger partial charge in [0.05, 0.1) is 23.1 Å². The van der Waals surface area contributed by atoms with E-state index in [-0.39, 0.29) is 11.8 Å². The van der Waals surface area contributed by atoms with E-state index < -0.39 is 0 Å². The molecular weight excluding hydrogens is 264 g/mol. The molecule has 1 aromatic carbocycles. The Morgan fingerprint density at radius 2 is 2.19 bits per heavy atom. The van der Waals surface area contributed by atoms with E-state index in [9.17, 15) is 4.79 Å². The number of carbonyl (C=O) groups excluding carboxylic acids is 1. The van der Waals surface area contributed by atoms with Crippen LogP contribution in [0.5, 0.6) is 0 Å². The van der Waals surface area contributed by atoms with Gasteiger partial charge in [0.25, 0.3) is 5.91 Å². The molecule has 2 aromatic rings. The number of fused-ring (bicyclic) bond motifs is 1. The molecule has 1 amide bonds. The van der Waals surface area contributed by atoms with E-state index in [1.54, 1.807) is 32.0 Å². The maximum absolute atomic E-state index is 12.6. The van der Waals surface area contributed by atoms with E-state index in [4.69, 9.17) is 5.26 Å². The van der Waals surface area contributed by atoms with E-state index in [0.717, 1.165) is 10.9 Å². The number of anilines is 1. The van der Waals surface area contributed by atoms with Crippen molar-refractivity contribution in [3.05, 3.63) is 35.9 Å². The Morgan fingerprint density at radius 1 is 1.48 bits per heavy atom. The second kappa shape index (κ2) is 6.23. The van der Waals surface area contributed by atoms with Gasteiger partial charge in [-0.15, -0.1) is 0 Å². The summed E-state index contributed by atoms with van der Waals surface area (Å²) >= 11 is 0. The van der Waals surface area contributed by atoms with Crippen LogP contribution in [-0.4, -0.2) is 36.4 Å². The Morgan fingerprint density at radius 3 is 2.86 bits per heavy atom. The second-order valence-corrected chi connectivity index (χ2v) is 5.04. The zero-order valence-corrected chi connectivity index (χ0v) is 12.4. The highest BCUT2D eigenvalue weighted by molar-refractivity contribution is 6.06. The molecule has 1 heterocycles. The minimum Gasteiger partial charge on any atom is -0.373 e. The first-order chi connectivity index (χ1) is 10.1. The smallest absolute Gasteiger partial charge is 0.254 e. The van der Waals surface area contributed by atoms with Crippen molar-refractivity contribution in [3.63, 3.8) is 0 Å². The number of hydrogen-bond acceptors (Lipinski definition) is 4. The van der Waals surface area contributed by atoms with Crippen molar-refractivity contribution in [3.8, 4) is 6.07 Å². The van der Waals surface area contributed by atoms with Crippen LogP contribution in [0.25, 0.3) is 10.9 Å². The molecule has 2 rings (SSSR count). The monoisotopic (exact) mass is 282 g/mol. The Kier molecular flexibility index (Phi) is 4.39. The van der Waals surface area contributed by atoms with Gasteiger partial charge in [-0.05, 0) is 19.1 Å². The number of nitrogens with one attached hydrogen (secondary N) is 1. The molecule has 0 fully saturated rings. The number of pyridine rings is 1. The fraction of sp³-hybridized carbons (Fsp3) is 0.312. The number of aromatic nitrogens is 1. The molecule has 0 aliphatic carbocycles. The summed E-state index contributed by atoms with van der Waals surface area (Å²) in [5.74, 6) is 0.349. The third kappa shape index (κ3) is 3.11. The van der Waals surface area contributed by atoms with Crippen LogP contribution in [-0.2, 0) is 0 Å². The Labute approximate surface area is 124 Å². The van der Waals surface area contributed by atoms with Crippen LogP contribution in [0.4, 0.5) is 5.82 Å². The number of hydrogen-bond donors (Lipinski definition) is 1. The van der Waals surface area contributed by atoms with Gasteiger partial charge in [0.15, 0.2) is 0 Å². The minimum atomic E-state index is -0.198. The van der Waals surface area contributed by atoms with Crippen molar-refractivity contribution in [2.24, 2.45) is 5.92 Å². The Balaban J connectivity index is 2.45. The number of para-hydroxylation sites is 1. The summed E-state index contributed by atoms with van der Waals surface area (Å²) in [6, 6.07) is 11.4. The molecule has 1 atom stereocenters. The predicted octanol–water partition coefficient (Wildman–Crippen LogP) is 2.51. The average molecular weight is 282 g/mol. The molecule has 0 saturated heterocycles. The summed E-state index contributed by atoms with van der Waals surface area (Å²) in [7, 11) is 3.48. The first kappa shape index (κ1) is 14.8. The zero-order valence-electron chi connectivity index (χ0n) is 12.4. The van der Waals surface area contributed by atoms with Gasteiger partial charge in [-0.2, -0.15) is 5.26 Å². The predicted molar refractivity (Wildman–Crippen MR) is 83.0 cm³/mol. The van der Waals surface area contributed by atoms with Gasteiger partial charge in [-0.1, -0.05) is 18.2 Å². The number of amides is 1. The van der Waals surface area contributed by atoms with Crippen molar-refractivity contribution >= 4 is 22.6 Å². The van der Waals surface area contributed by atoms with Gasteiger partial charge in [-0.3, -0.25) is 4.79 Å². The van der Waals surface area contributed by atoms with Crippen LogP contribution in [0.2, 0.25) is 0 Å². The summed E-state index contributed by atoms with van der Waals surface area (Å²) < 4.78 is 0. The highest BCUT2D eigenvalue weighted by Crippen LogP contribution is 2.22. The quantitative estimate of drug-likeness (QED) is 0.935. The van der Waals surface area contributed by atoms with E-state index in [1.807, 2.05) is 24.3 Å². The van der Waals surface area contributed by atoms with Gasteiger partial charge in [0.2, 0.25) is 0 Å². The molecule has 0 bridgehead atoms. The summed E-state index contributed by atoms with van der Waals surface area (Å²) in [6.07, 6.45) is 0. The zero-order chi connectivity index (χ0) is 15.4. The van der Waals surface area contributed by atoms with Crippen LogP contribution in [0.15, 0.2) is 30.3 Å². The van der Waals surface area contributed by atoms with Gasteiger partial charge in [0, 0.05) is 26.0 Å². The summed E-state index contributed by atoms with van der Waals surface area (Å²) in [5, 5.41) is 12.7. The summed E-state index contributed by atoms with van der Waals surface area (Å²) in [6.45, 7) is 2.20. The fourth-order valence-corrected chi connectivity index (χ4v) is 2.22. The first-order valence-corrected chi connectivity index (χ1v) is 6.79. The normalized spacial score (nSPS) is 11.7. The topological polar surface area (TPSA) is 69.0 Å². The lowest BCUT2D eigenvalue weighted by molar-refractivity contribution is 0.0787. The summed E-state index contributed by atoms with van der Waals surface area (Å²) in [4.78, 5) is 18.7. The van der Waals surface area contributed by atoms with Crippen molar-refractivity contribution in [2.75, 3.05) is 26.0 Å². The lowest BCUT2D eigenvalue weighted by Gasteiger charge is -2.19. The van der Waals surface area contributed by atoms with Crippen molar-refractivity contribution < 1.29 is 4.79 Å². The SMILES string of the molecule is CNc1cc(C(=O)N(C)CC(C)C#N)c2ccccc2n1. The highest BCUT2D eigenvalue weighted by atomic mass is 16.2. The lowest BCUT2D eigenvalue weighted by Crippen LogP contribution is -2.30. The van der Waals surface area contributed by atoms with Crippen LogP contribution < -0.4 is 5.32 Å². The summed E-state index contributed by atoms with van der Waals surface area (Å²) in [5.41, 5.74) is 1.37. The third-order valence-electron chi connectivity index (χ3n) is 3.32. The number of nitriles is 1. The molecule has 0 radical (unpaired) electrons. The largest absolute Gasteiger partial charge is 0.373 e. The highest BCUT2D eigenvalue weighted by Gasteiger charge is 2.18. The Hall–Kier alpha value is -2.61. The van der Waals surface area contributed by atoms with Gasteiger partial charge in [0.1, 0.15) is 5.82 Å². The maximum Gasteiger partial charge on any atom is 0.254 e. The number of carbonyl (C=O) groups is 1. The fourth-order valence-electron chi connectivity index (χ4n) is 2.22. The third-order valence-corrected chi connectivity index (χ3v) is 3.32. The Bertz CT molecular complexity index is 705. The van der Waals surface area contributed by atoms with E-state index in [0.29, 0.717) is 17.9 Å². The van der Waals surface area contributed by atoms with Crippen LogP contribution in [0, 0.1) is 17.2 Å². The van der Waals surface area contributed by atoms with Crippen molar-refractivity contribution in [1.29, 1.82) is 5.26 Å². The molecule has 0 saturated carbocycles.